The van der Waals surface area contributed by atoms with E-state index in [0.717, 1.165) is 5.69 Å². The van der Waals surface area contributed by atoms with E-state index in [0.29, 0.717) is 32.6 Å². The molecule has 0 aliphatic heterocycles. The van der Waals surface area contributed by atoms with Crippen LogP contribution in [-0.2, 0) is 23.1 Å². The Kier molecular flexibility index (Phi) is 6.92. The molecule has 0 fully saturated rings. The molecule has 0 aliphatic carbocycles. The Labute approximate surface area is 113 Å². The fraction of sp³-hybridized carbons (Fsp3) is 0.800. The molecule has 0 unspecified atom stereocenters. The molecule has 0 spiro atoms. The summed E-state index contributed by atoms with van der Waals surface area (Å²) in [7, 11) is -3.17. The number of hydrogen-bond donors (Lipinski definition) is 3. The minimum Gasteiger partial charge on any atom is -0.396 e. The minimum absolute atomic E-state index is 0.0412. The van der Waals surface area contributed by atoms with Gasteiger partial charge in [0.25, 0.3) is 0 Å². The van der Waals surface area contributed by atoms with Gasteiger partial charge in [0.15, 0.2) is 0 Å². The van der Waals surface area contributed by atoms with Gasteiger partial charge in [-0.3, -0.25) is 4.68 Å². The minimum atomic E-state index is -3.17. The van der Waals surface area contributed by atoms with Gasteiger partial charge in [0.2, 0.25) is 10.0 Å². The van der Waals surface area contributed by atoms with Crippen molar-refractivity contribution in [3.63, 3.8) is 0 Å². The van der Waals surface area contributed by atoms with E-state index in [9.17, 15) is 8.42 Å². The Balaban J connectivity index is 2.24. The fourth-order valence-corrected chi connectivity index (χ4v) is 2.47. The van der Waals surface area contributed by atoms with E-state index in [-0.39, 0.29) is 12.4 Å². The second-order valence-corrected chi connectivity index (χ2v) is 5.97. The monoisotopic (exact) mass is 291 g/mol. The molecular weight excluding hydrogens is 270 g/mol. The first-order valence-corrected chi connectivity index (χ1v) is 7.90. The zero-order valence-corrected chi connectivity index (χ0v) is 11.9. The van der Waals surface area contributed by atoms with Crippen molar-refractivity contribution in [2.24, 2.45) is 0 Å². The highest BCUT2D eigenvalue weighted by Gasteiger charge is 2.07. The number of aliphatic hydroxyl groups excluding tert-OH is 1. The molecule has 110 valence electrons. The van der Waals surface area contributed by atoms with Crippen molar-refractivity contribution < 1.29 is 13.5 Å². The van der Waals surface area contributed by atoms with Crippen LogP contribution in [-0.4, -0.2) is 54.0 Å². The maximum Gasteiger partial charge on any atom is 0.212 e. The average molecular weight is 291 g/mol. The van der Waals surface area contributed by atoms with Gasteiger partial charge in [0.05, 0.1) is 11.4 Å². The number of aliphatic hydroxyl groups is 1. The van der Waals surface area contributed by atoms with Crippen LogP contribution in [0.15, 0.2) is 6.20 Å². The summed E-state index contributed by atoms with van der Waals surface area (Å²) >= 11 is 0. The normalized spacial score (nSPS) is 11.9. The van der Waals surface area contributed by atoms with E-state index in [1.807, 2.05) is 0 Å². The molecule has 0 bridgehead atoms. The highest BCUT2D eigenvalue weighted by atomic mass is 32.2. The lowest BCUT2D eigenvalue weighted by Crippen LogP contribution is -2.31. The second-order valence-electron chi connectivity index (χ2n) is 4.04. The smallest absolute Gasteiger partial charge is 0.212 e. The number of aryl methyl sites for hydroxylation is 1. The Hall–Kier alpha value is -1.03. The van der Waals surface area contributed by atoms with Crippen molar-refractivity contribution in [3.8, 4) is 0 Å². The van der Waals surface area contributed by atoms with Crippen LogP contribution in [0.25, 0.3) is 0 Å². The lowest BCUT2D eigenvalue weighted by Gasteiger charge is -2.04. The Morgan fingerprint density at radius 3 is 2.95 bits per heavy atom. The number of hydrogen-bond acceptors (Lipinski definition) is 6. The van der Waals surface area contributed by atoms with Gasteiger partial charge in [-0.1, -0.05) is 12.1 Å². The van der Waals surface area contributed by atoms with Crippen LogP contribution >= 0.6 is 0 Å². The molecule has 1 rings (SSSR count). The van der Waals surface area contributed by atoms with E-state index >= 15 is 0 Å². The summed E-state index contributed by atoms with van der Waals surface area (Å²) in [5.41, 5.74) is 0.749. The summed E-state index contributed by atoms with van der Waals surface area (Å²) in [5.74, 6) is 0.0412. The fourth-order valence-electron chi connectivity index (χ4n) is 1.48. The third-order valence-electron chi connectivity index (χ3n) is 2.35. The summed E-state index contributed by atoms with van der Waals surface area (Å²) < 4.78 is 26.8. The number of nitrogens with zero attached hydrogens (tertiary/aromatic N) is 3. The zero-order chi connectivity index (χ0) is 14.1. The van der Waals surface area contributed by atoms with Crippen molar-refractivity contribution in [2.75, 3.05) is 25.4 Å². The van der Waals surface area contributed by atoms with Gasteiger partial charge < -0.3 is 10.4 Å². The average Bonchev–Trinajstić information content (AvgIpc) is 2.80. The molecular formula is C10H21N5O3S. The van der Waals surface area contributed by atoms with Gasteiger partial charge in [-0.15, -0.1) is 5.10 Å². The van der Waals surface area contributed by atoms with Crippen molar-refractivity contribution in [3.05, 3.63) is 11.9 Å². The summed E-state index contributed by atoms with van der Waals surface area (Å²) in [5, 5.41) is 19.5. The van der Waals surface area contributed by atoms with E-state index in [4.69, 9.17) is 5.11 Å². The van der Waals surface area contributed by atoms with E-state index in [2.05, 4.69) is 20.4 Å². The standard InChI is InChI=1S/C10H21N5O3S/c1-2-12-19(17,18)7-4-11-8-10-9-15(14-13-10)5-3-6-16/h9,11-12,16H,2-8H2,1H3. The number of sulfonamides is 1. The Bertz CT molecular complexity index is 459. The van der Waals surface area contributed by atoms with Gasteiger partial charge in [-0.25, -0.2) is 13.1 Å². The summed E-state index contributed by atoms with van der Waals surface area (Å²) in [6.45, 7) is 3.73. The van der Waals surface area contributed by atoms with Gasteiger partial charge in [-0.2, -0.15) is 0 Å². The van der Waals surface area contributed by atoms with Gasteiger partial charge in [-0.05, 0) is 6.42 Å². The molecule has 0 amide bonds. The molecule has 19 heavy (non-hydrogen) atoms. The van der Waals surface area contributed by atoms with Crippen LogP contribution in [0.5, 0.6) is 0 Å². The Morgan fingerprint density at radius 1 is 1.47 bits per heavy atom. The number of rotatable bonds is 10. The molecule has 3 N–H and O–H groups in total. The van der Waals surface area contributed by atoms with E-state index in [1.54, 1.807) is 17.8 Å². The summed E-state index contributed by atoms with van der Waals surface area (Å²) in [6.07, 6.45) is 2.42. The van der Waals surface area contributed by atoms with Crippen LogP contribution in [0.4, 0.5) is 0 Å². The largest absolute Gasteiger partial charge is 0.396 e. The van der Waals surface area contributed by atoms with Gasteiger partial charge in [0.1, 0.15) is 0 Å². The molecule has 0 radical (unpaired) electrons. The van der Waals surface area contributed by atoms with Crippen LogP contribution in [0.2, 0.25) is 0 Å². The van der Waals surface area contributed by atoms with E-state index < -0.39 is 10.0 Å². The SMILES string of the molecule is CCNS(=O)(=O)CCNCc1cn(CCCO)nn1. The first-order chi connectivity index (χ1) is 9.07. The molecule has 8 nitrogen and oxygen atoms in total. The summed E-state index contributed by atoms with van der Waals surface area (Å²) in [4.78, 5) is 0. The van der Waals surface area contributed by atoms with Crippen molar-refractivity contribution >= 4 is 10.0 Å². The summed E-state index contributed by atoms with van der Waals surface area (Å²) in [6, 6.07) is 0. The molecule has 9 heteroatoms. The van der Waals surface area contributed by atoms with Crippen molar-refractivity contribution in [1.82, 2.24) is 25.0 Å². The molecule has 1 heterocycles. The second kappa shape index (κ2) is 8.20. The van der Waals surface area contributed by atoms with E-state index in [1.165, 1.54) is 0 Å². The Morgan fingerprint density at radius 2 is 2.26 bits per heavy atom. The van der Waals surface area contributed by atoms with Crippen molar-refractivity contribution in [1.29, 1.82) is 0 Å². The quantitative estimate of drug-likeness (QED) is 0.462. The molecule has 1 aromatic heterocycles. The molecule has 1 aromatic rings. The topological polar surface area (TPSA) is 109 Å². The van der Waals surface area contributed by atoms with Crippen molar-refractivity contribution in [2.45, 2.75) is 26.4 Å². The predicted molar refractivity (Wildman–Crippen MR) is 70.9 cm³/mol. The molecule has 0 atom stereocenters. The molecule has 0 aliphatic rings. The first kappa shape index (κ1) is 16.0. The van der Waals surface area contributed by atoms with Gasteiger partial charge in [0, 0.05) is 39.0 Å². The zero-order valence-electron chi connectivity index (χ0n) is 11.0. The lowest BCUT2D eigenvalue weighted by molar-refractivity contribution is 0.276. The maximum absolute atomic E-state index is 11.4. The maximum atomic E-state index is 11.4. The highest BCUT2D eigenvalue weighted by Crippen LogP contribution is 1.94. The molecule has 0 saturated heterocycles. The highest BCUT2D eigenvalue weighted by molar-refractivity contribution is 7.89. The lowest BCUT2D eigenvalue weighted by atomic mass is 10.4. The third-order valence-corrected chi connectivity index (χ3v) is 3.82. The predicted octanol–water partition coefficient (Wildman–Crippen LogP) is -1.31. The number of aromatic nitrogens is 3. The number of nitrogens with one attached hydrogen (secondary N) is 2. The van der Waals surface area contributed by atoms with Crippen LogP contribution in [0.1, 0.15) is 19.0 Å². The molecule has 0 saturated carbocycles. The van der Waals surface area contributed by atoms with Crippen LogP contribution in [0, 0.1) is 0 Å². The third kappa shape index (κ3) is 6.62. The van der Waals surface area contributed by atoms with Crippen LogP contribution < -0.4 is 10.0 Å². The first-order valence-electron chi connectivity index (χ1n) is 6.25. The van der Waals surface area contributed by atoms with Crippen LogP contribution in [0.3, 0.4) is 0 Å². The van der Waals surface area contributed by atoms with Gasteiger partial charge >= 0.3 is 0 Å². The molecule has 0 aromatic carbocycles.